The van der Waals surface area contributed by atoms with E-state index in [0.717, 1.165) is 47.5 Å². The third kappa shape index (κ3) is 6.88. The number of nitrogens with one attached hydrogen (secondary N) is 1. The van der Waals surface area contributed by atoms with Crippen molar-refractivity contribution in [2.75, 3.05) is 14.1 Å². The maximum absolute atomic E-state index is 6.07. The predicted molar refractivity (Wildman–Crippen MR) is 126 cm³/mol. The normalized spacial score (nSPS) is 15.0. The highest BCUT2D eigenvalue weighted by molar-refractivity contribution is 14.0. The van der Waals surface area contributed by atoms with Crippen LogP contribution in [0.5, 0.6) is 5.88 Å². The van der Waals surface area contributed by atoms with E-state index in [9.17, 15) is 0 Å². The van der Waals surface area contributed by atoms with Crippen LogP contribution < -0.4 is 10.1 Å². The van der Waals surface area contributed by atoms with E-state index in [2.05, 4.69) is 30.6 Å². The van der Waals surface area contributed by atoms with Crippen molar-refractivity contribution in [2.45, 2.75) is 58.2 Å². The first-order valence-electron chi connectivity index (χ1n) is 9.58. The van der Waals surface area contributed by atoms with Gasteiger partial charge in [-0.3, -0.25) is 4.99 Å². The second kappa shape index (κ2) is 11.5. The Balaban J connectivity index is 0.00000280. The Labute approximate surface area is 188 Å². The Bertz CT molecular complexity index is 761. The summed E-state index contributed by atoms with van der Waals surface area (Å²) in [5.41, 5.74) is 2.20. The van der Waals surface area contributed by atoms with E-state index in [-0.39, 0.29) is 24.0 Å². The van der Waals surface area contributed by atoms with E-state index in [1.165, 1.54) is 19.3 Å². The van der Waals surface area contributed by atoms with E-state index in [1.54, 1.807) is 18.4 Å². The minimum Gasteiger partial charge on any atom is -0.474 e. The van der Waals surface area contributed by atoms with Gasteiger partial charge in [0.15, 0.2) is 5.96 Å². The topological polar surface area (TPSA) is 62.6 Å². The first-order chi connectivity index (χ1) is 13.1. The molecule has 1 N–H and O–H groups in total. The van der Waals surface area contributed by atoms with Crippen LogP contribution in [0.1, 0.15) is 48.4 Å². The van der Waals surface area contributed by atoms with Crippen LogP contribution >= 0.6 is 35.3 Å². The summed E-state index contributed by atoms with van der Waals surface area (Å²) in [6, 6.07) is 4.04. The van der Waals surface area contributed by atoms with Gasteiger partial charge in [0.1, 0.15) is 6.10 Å². The summed E-state index contributed by atoms with van der Waals surface area (Å²) in [6.45, 7) is 3.44. The molecule has 0 aliphatic heterocycles. The molecule has 0 amide bonds. The van der Waals surface area contributed by atoms with Gasteiger partial charge < -0.3 is 15.0 Å². The second-order valence-electron chi connectivity index (χ2n) is 6.99. The van der Waals surface area contributed by atoms with Crippen LogP contribution in [0.4, 0.5) is 0 Å². The predicted octanol–water partition coefficient (Wildman–Crippen LogP) is 4.38. The van der Waals surface area contributed by atoms with Gasteiger partial charge in [0.05, 0.1) is 17.2 Å². The van der Waals surface area contributed by atoms with Crippen LogP contribution in [0.15, 0.2) is 28.7 Å². The Kier molecular flexibility index (Phi) is 9.43. The fourth-order valence-corrected chi connectivity index (χ4v) is 3.95. The van der Waals surface area contributed by atoms with Gasteiger partial charge in [0.25, 0.3) is 0 Å². The molecule has 0 atom stereocenters. The summed E-state index contributed by atoms with van der Waals surface area (Å²) in [4.78, 5) is 15.4. The van der Waals surface area contributed by atoms with E-state index < -0.39 is 0 Å². The van der Waals surface area contributed by atoms with Crippen molar-refractivity contribution in [3.8, 4) is 5.88 Å². The van der Waals surface area contributed by atoms with Crippen LogP contribution in [0.3, 0.4) is 0 Å². The zero-order valence-corrected chi connectivity index (χ0v) is 20.0. The summed E-state index contributed by atoms with van der Waals surface area (Å²) in [7, 11) is 3.82. The molecule has 1 fully saturated rings. The van der Waals surface area contributed by atoms with Crippen molar-refractivity contribution in [2.24, 2.45) is 4.99 Å². The molecule has 28 heavy (non-hydrogen) atoms. The molecule has 1 aliphatic carbocycles. The first kappa shape index (κ1) is 22.9. The van der Waals surface area contributed by atoms with Gasteiger partial charge >= 0.3 is 0 Å². The smallest absolute Gasteiger partial charge is 0.213 e. The molecule has 0 saturated heterocycles. The molecule has 0 bridgehead atoms. The zero-order chi connectivity index (χ0) is 19.1. The molecule has 0 radical (unpaired) electrons. The number of pyridine rings is 1. The molecule has 3 rings (SSSR count). The number of thiazole rings is 1. The van der Waals surface area contributed by atoms with Gasteiger partial charge in [0.2, 0.25) is 5.88 Å². The fraction of sp³-hybridized carbons (Fsp3) is 0.550. The second-order valence-corrected chi connectivity index (χ2v) is 8.06. The first-order valence-corrected chi connectivity index (χ1v) is 10.5. The highest BCUT2D eigenvalue weighted by Crippen LogP contribution is 2.22. The number of guanidine groups is 1. The molecule has 0 unspecified atom stereocenters. The largest absolute Gasteiger partial charge is 0.474 e. The lowest BCUT2D eigenvalue weighted by molar-refractivity contribution is 0.148. The van der Waals surface area contributed by atoms with Crippen LogP contribution in [0, 0.1) is 6.92 Å². The van der Waals surface area contributed by atoms with Crippen molar-refractivity contribution in [1.82, 2.24) is 20.2 Å². The summed E-state index contributed by atoms with van der Waals surface area (Å²) in [5.74, 6) is 1.56. The highest BCUT2D eigenvalue weighted by Gasteiger charge is 2.15. The lowest BCUT2D eigenvalue weighted by Gasteiger charge is -2.23. The van der Waals surface area contributed by atoms with Gasteiger partial charge in [-0.25, -0.2) is 9.97 Å². The van der Waals surface area contributed by atoms with Crippen molar-refractivity contribution < 1.29 is 4.74 Å². The molecule has 1 saturated carbocycles. The number of ether oxygens (including phenoxy) is 1. The molecule has 154 valence electrons. The molecule has 1 aliphatic rings. The van der Waals surface area contributed by atoms with Gasteiger partial charge in [-0.1, -0.05) is 6.42 Å². The summed E-state index contributed by atoms with van der Waals surface area (Å²) in [5, 5.41) is 6.59. The Hall–Kier alpha value is -1.42. The van der Waals surface area contributed by atoms with Crippen LogP contribution in [-0.2, 0) is 13.1 Å². The zero-order valence-electron chi connectivity index (χ0n) is 16.9. The number of aromatic nitrogens is 2. The quantitative estimate of drug-likeness (QED) is 0.352. The lowest BCUT2D eigenvalue weighted by Crippen LogP contribution is -2.38. The summed E-state index contributed by atoms with van der Waals surface area (Å²) >= 11 is 1.67. The standard InChI is InChI=1S/C20H29N5OS.HI/c1-15-24-17(14-27-15)13-25(3)20(21-2)23-12-16-9-10-22-19(11-16)26-18-7-5-4-6-8-18;/h9-11,14,18H,4-8,12-13H2,1-3H3,(H,21,23);1H. The number of nitrogens with zero attached hydrogens (tertiary/aromatic N) is 4. The van der Waals surface area contributed by atoms with Crippen molar-refractivity contribution in [3.05, 3.63) is 40.0 Å². The van der Waals surface area contributed by atoms with Gasteiger partial charge in [-0.05, 0) is 44.2 Å². The van der Waals surface area contributed by atoms with Crippen molar-refractivity contribution >= 4 is 41.3 Å². The average molecular weight is 515 g/mol. The molecular formula is C20H30IN5OS. The average Bonchev–Trinajstić information content (AvgIpc) is 3.08. The Morgan fingerprint density at radius 2 is 2.14 bits per heavy atom. The number of aliphatic imine (C=N–C) groups is 1. The maximum Gasteiger partial charge on any atom is 0.213 e. The van der Waals surface area contributed by atoms with E-state index in [0.29, 0.717) is 12.6 Å². The number of halogens is 1. The molecule has 8 heteroatoms. The van der Waals surface area contributed by atoms with E-state index >= 15 is 0 Å². The van der Waals surface area contributed by atoms with Gasteiger partial charge in [-0.15, -0.1) is 35.3 Å². The van der Waals surface area contributed by atoms with Crippen molar-refractivity contribution in [1.29, 1.82) is 0 Å². The molecule has 2 aromatic heterocycles. The Morgan fingerprint density at radius 3 is 2.82 bits per heavy atom. The SMILES string of the molecule is CN=C(NCc1ccnc(OC2CCCCC2)c1)N(C)Cc1csc(C)n1.I. The van der Waals surface area contributed by atoms with Crippen molar-refractivity contribution in [3.63, 3.8) is 0 Å². The highest BCUT2D eigenvalue weighted by atomic mass is 127. The monoisotopic (exact) mass is 515 g/mol. The number of rotatable bonds is 6. The van der Waals surface area contributed by atoms with E-state index in [1.807, 2.05) is 32.3 Å². The molecule has 2 heterocycles. The molecule has 0 aromatic carbocycles. The fourth-order valence-electron chi connectivity index (χ4n) is 3.34. The summed E-state index contributed by atoms with van der Waals surface area (Å²) in [6.07, 6.45) is 8.24. The van der Waals surface area contributed by atoms with Gasteiger partial charge in [0, 0.05) is 38.3 Å². The van der Waals surface area contributed by atoms with E-state index in [4.69, 9.17) is 4.74 Å². The number of hydrogen-bond acceptors (Lipinski definition) is 5. The maximum atomic E-state index is 6.07. The Morgan fingerprint density at radius 1 is 1.36 bits per heavy atom. The van der Waals surface area contributed by atoms with Gasteiger partial charge in [-0.2, -0.15) is 0 Å². The van der Waals surface area contributed by atoms with Crippen LogP contribution in [-0.4, -0.2) is 41.0 Å². The summed E-state index contributed by atoms with van der Waals surface area (Å²) < 4.78 is 6.07. The number of hydrogen-bond donors (Lipinski definition) is 1. The van der Waals surface area contributed by atoms with Crippen LogP contribution in [0.2, 0.25) is 0 Å². The molecule has 2 aromatic rings. The third-order valence-electron chi connectivity index (χ3n) is 4.73. The molecular weight excluding hydrogens is 485 g/mol. The lowest BCUT2D eigenvalue weighted by atomic mass is 9.98. The third-order valence-corrected chi connectivity index (χ3v) is 5.55. The van der Waals surface area contributed by atoms with Crippen LogP contribution in [0.25, 0.3) is 0 Å². The molecule has 6 nitrogen and oxygen atoms in total. The number of aryl methyl sites for hydroxylation is 1. The minimum absolute atomic E-state index is 0. The molecule has 0 spiro atoms. The minimum atomic E-state index is 0.